The molecule has 24 heavy (non-hydrogen) atoms. The molecule has 1 heterocycles. The fourth-order valence-corrected chi connectivity index (χ4v) is 3.27. The van der Waals surface area contributed by atoms with Crippen LogP contribution in [0.4, 0.5) is 5.69 Å². The third-order valence-corrected chi connectivity index (χ3v) is 4.34. The topological polar surface area (TPSA) is 119 Å². The van der Waals surface area contributed by atoms with E-state index in [0.717, 1.165) is 0 Å². The van der Waals surface area contributed by atoms with Crippen LogP contribution in [-0.4, -0.2) is 10.7 Å². The van der Waals surface area contributed by atoms with Gasteiger partial charge in [0.2, 0.25) is 5.88 Å². The molecule has 7 nitrogen and oxygen atoms in total. The zero-order chi connectivity index (χ0) is 17.4. The number of hydrogen-bond acceptors (Lipinski definition) is 6. The van der Waals surface area contributed by atoms with Crippen molar-refractivity contribution in [3.63, 3.8) is 0 Å². The predicted octanol–water partition coefficient (Wildman–Crippen LogP) is 3.06. The molecule has 1 unspecified atom stereocenters. The Balaban J connectivity index is 2.30. The number of ketones is 1. The number of allylic oxidation sites excluding steroid dienone is 3. The summed E-state index contributed by atoms with van der Waals surface area (Å²) in [6, 6.07) is 5.96. The van der Waals surface area contributed by atoms with E-state index in [-0.39, 0.29) is 39.1 Å². The van der Waals surface area contributed by atoms with E-state index in [9.17, 15) is 20.2 Å². The lowest BCUT2D eigenvalue weighted by molar-refractivity contribution is -0.385. The summed E-state index contributed by atoms with van der Waals surface area (Å²) in [6.07, 6.45) is 1.40. The quantitative estimate of drug-likeness (QED) is 0.649. The molecule has 0 fully saturated rings. The van der Waals surface area contributed by atoms with E-state index in [1.165, 1.54) is 18.2 Å². The van der Waals surface area contributed by atoms with Gasteiger partial charge >= 0.3 is 0 Å². The molecule has 1 aliphatic carbocycles. The van der Waals surface area contributed by atoms with Crippen molar-refractivity contribution < 1.29 is 14.5 Å². The van der Waals surface area contributed by atoms with Crippen molar-refractivity contribution in [3.8, 4) is 6.07 Å². The summed E-state index contributed by atoms with van der Waals surface area (Å²) < 4.78 is 5.44. The van der Waals surface area contributed by atoms with Gasteiger partial charge in [0.05, 0.1) is 10.8 Å². The van der Waals surface area contributed by atoms with Gasteiger partial charge < -0.3 is 10.5 Å². The third kappa shape index (κ3) is 2.51. The smallest absolute Gasteiger partial charge is 0.273 e. The molecule has 1 aliphatic heterocycles. The predicted molar refractivity (Wildman–Crippen MR) is 84.6 cm³/mol. The first-order valence-corrected chi connectivity index (χ1v) is 7.59. The number of nitro groups is 1. The molecule has 8 heteroatoms. The SMILES string of the molecule is N#CC1=C(N)OC2=C(C(=O)CCC2)C1c1cc(Cl)ccc1[N+](=O)[O-]. The van der Waals surface area contributed by atoms with Crippen LogP contribution >= 0.6 is 11.6 Å². The molecule has 122 valence electrons. The van der Waals surface area contributed by atoms with Gasteiger partial charge in [-0.1, -0.05) is 11.6 Å². The highest BCUT2D eigenvalue weighted by molar-refractivity contribution is 6.30. The summed E-state index contributed by atoms with van der Waals surface area (Å²) in [5.41, 5.74) is 6.00. The lowest BCUT2D eigenvalue weighted by atomic mass is 9.77. The Bertz CT molecular complexity index is 867. The fraction of sp³-hybridized carbons (Fsp3) is 0.250. The number of nitro benzene ring substituents is 1. The minimum atomic E-state index is -0.939. The number of nitrogens with zero attached hydrogens (tertiary/aromatic N) is 2. The highest BCUT2D eigenvalue weighted by Crippen LogP contribution is 2.46. The van der Waals surface area contributed by atoms with Crippen molar-refractivity contribution in [2.45, 2.75) is 25.2 Å². The number of benzene rings is 1. The second kappa shape index (κ2) is 5.98. The summed E-state index contributed by atoms with van der Waals surface area (Å²) >= 11 is 5.99. The molecular formula is C16H12ClN3O4. The van der Waals surface area contributed by atoms with Gasteiger partial charge in [-0.25, -0.2) is 0 Å². The minimum absolute atomic E-state index is 0.0191. The highest BCUT2D eigenvalue weighted by atomic mass is 35.5. The molecule has 1 atom stereocenters. The summed E-state index contributed by atoms with van der Waals surface area (Å²) in [7, 11) is 0. The number of halogens is 1. The zero-order valence-corrected chi connectivity index (χ0v) is 13.2. The maximum atomic E-state index is 12.4. The van der Waals surface area contributed by atoms with Crippen molar-refractivity contribution in [2.24, 2.45) is 5.73 Å². The number of carbonyl (C=O) groups excluding carboxylic acids is 1. The standard InChI is InChI=1S/C16H12ClN3O4/c17-8-4-5-11(20(22)23)9(6-8)14-10(7-18)16(19)24-13-3-1-2-12(21)15(13)14/h4-6,14H,1-3,19H2. The number of ether oxygens (including phenoxy) is 1. The lowest BCUT2D eigenvalue weighted by Crippen LogP contribution is -2.27. The first-order valence-electron chi connectivity index (χ1n) is 7.21. The van der Waals surface area contributed by atoms with Crippen LogP contribution < -0.4 is 5.73 Å². The van der Waals surface area contributed by atoms with Gasteiger partial charge in [-0.15, -0.1) is 0 Å². The van der Waals surface area contributed by atoms with E-state index in [1.807, 2.05) is 6.07 Å². The van der Waals surface area contributed by atoms with Crippen molar-refractivity contribution in [3.05, 3.63) is 61.7 Å². The van der Waals surface area contributed by atoms with Crippen LogP contribution in [0, 0.1) is 21.4 Å². The monoisotopic (exact) mass is 345 g/mol. The highest BCUT2D eigenvalue weighted by Gasteiger charge is 2.40. The molecule has 2 aliphatic rings. The van der Waals surface area contributed by atoms with Crippen LogP contribution in [0.25, 0.3) is 0 Å². The van der Waals surface area contributed by atoms with Gasteiger partial charge in [-0.2, -0.15) is 5.26 Å². The van der Waals surface area contributed by atoms with Crippen LogP contribution in [0.15, 0.2) is 41.0 Å². The minimum Gasteiger partial charge on any atom is -0.444 e. The Morgan fingerprint density at radius 2 is 2.17 bits per heavy atom. The van der Waals surface area contributed by atoms with Crippen molar-refractivity contribution in [1.29, 1.82) is 5.26 Å². The average Bonchev–Trinajstić information content (AvgIpc) is 2.53. The number of nitriles is 1. The lowest BCUT2D eigenvalue weighted by Gasteiger charge is -2.30. The second-order valence-electron chi connectivity index (χ2n) is 5.50. The van der Waals surface area contributed by atoms with Gasteiger partial charge in [0.25, 0.3) is 5.69 Å². The number of carbonyl (C=O) groups is 1. The van der Waals surface area contributed by atoms with Crippen molar-refractivity contribution >= 4 is 23.1 Å². The Hall–Kier alpha value is -2.85. The normalized spacial score (nSPS) is 20.3. The summed E-state index contributed by atoms with van der Waals surface area (Å²) in [5, 5.41) is 21.1. The third-order valence-electron chi connectivity index (χ3n) is 4.10. The molecule has 0 amide bonds. The maximum absolute atomic E-state index is 12.4. The van der Waals surface area contributed by atoms with Gasteiger partial charge in [0.15, 0.2) is 5.78 Å². The van der Waals surface area contributed by atoms with Crippen LogP contribution in [0.1, 0.15) is 30.7 Å². The number of hydrogen-bond donors (Lipinski definition) is 1. The van der Waals surface area contributed by atoms with E-state index in [1.54, 1.807) is 0 Å². The number of Topliss-reactive ketones (excluding diaryl/α,β-unsaturated/α-hetero) is 1. The molecule has 3 rings (SSSR count). The van der Waals surface area contributed by atoms with Crippen LogP contribution in [0.2, 0.25) is 5.02 Å². The summed E-state index contributed by atoms with van der Waals surface area (Å²) in [5.74, 6) is -0.895. The molecule has 0 radical (unpaired) electrons. The molecule has 0 aromatic heterocycles. The Labute approximate surface area is 142 Å². The molecular weight excluding hydrogens is 334 g/mol. The van der Waals surface area contributed by atoms with Crippen LogP contribution in [-0.2, 0) is 9.53 Å². The molecule has 1 aromatic rings. The average molecular weight is 346 g/mol. The van der Waals surface area contributed by atoms with E-state index < -0.39 is 10.8 Å². The zero-order valence-electron chi connectivity index (χ0n) is 12.4. The maximum Gasteiger partial charge on any atom is 0.273 e. The Morgan fingerprint density at radius 1 is 1.42 bits per heavy atom. The summed E-state index contributed by atoms with van der Waals surface area (Å²) in [4.78, 5) is 23.3. The Morgan fingerprint density at radius 3 is 2.83 bits per heavy atom. The molecule has 0 saturated heterocycles. The molecule has 2 N–H and O–H groups in total. The van der Waals surface area contributed by atoms with E-state index >= 15 is 0 Å². The van der Waals surface area contributed by atoms with Crippen LogP contribution in [0.3, 0.4) is 0 Å². The van der Waals surface area contributed by atoms with Gasteiger partial charge in [0.1, 0.15) is 17.4 Å². The largest absolute Gasteiger partial charge is 0.444 e. The van der Waals surface area contributed by atoms with Crippen LogP contribution in [0.5, 0.6) is 0 Å². The molecule has 0 bridgehead atoms. The summed E-state index contributed by atoms with van der Waals surface area (Å²) in [6.45, 7) is 0. The second-order valence-corrected chi connectivity index (χ2v) is 5.94. The molecule has 1 aromatic carbocycles. The van der Waals surface area contributed by atoms with Gasteiger partial charge in [0, 0.05) is 35.1 Å². The van der Waals surface area contributed by atoms with E-state index in [4.69, 9.17) is 22.1 Å². The van der Waals surface area contributed by atoms with Crippen molar-refractivity contribution in [1.82, 2.24) is 0 Å². The number of rotatable bonds is 2. The van der Waals surface area contributed by atoms with Gasteiger partial charge in [-0.05, 0) is 18.6 Å². The Kier molecular flexibility index (Phi) is 3.99. The fourth-order valence-electron chi connectivity index (χ4n) is 3.09. The van der Waals surface area contributed by atoms with Crippen molar-refractivity contribution in [2.75, 3.05) is 0 Å². The first-order chi connectivity index (χ1) is 11.4. The molecule has 0 saturated carbocycles. The number of nitrogens with two attached hydrogens (primary N) is 1. The van der Waals surface area contributed by atoms with E-state index in [2.05, 4.69) is 0 Å². The van der Waals surface area contributed by atoms with Gasteiger partial charge in [-0.3, -0.25) is 14.9 Å². The van der Waals surface area contributed by atoms with E-state index in [0.29, 0.717) is 25.0 Å². The first kappa shape index (κ1) is 16.0. The molecule has 0 spiro atoms.